The molecule has 3 heterocycles. The van der Waals surface area contributed by atoms with Crippen LogP contribution in [0.2, 0.25) is 0 Å². The fraction of sp³-hybridized carbons (Fsp3) is 0.526. The van der Waals surface area contributed by atoms with E-state index < -0.39 is 0 Å². The summed E-state index contributed by atoms with van der Waals surface area (Å²) >= 11 is 0. The number of halogens is 1. The summed E-state index contributed by atoms with van der Waals surface area (Å²) in [5.41, 5.74) is 1.75. The van der Waals surface area contributed by atoms with Gasteiger partial charge in [0.15, 0.2) is 11.8 Å². The van der Waals surface area contributed by atoms with Gasteiger partial charge in [-0.15, -0.1) is 34.2 Å². The van der Waals surface area contributed by atoms with Crippen molar-refractivity contribution in [3.8, 4) is 0 Å². The van der Waals surface area contributed by atoms with E-state index in [2.05, 4.69) is 48.8 Å². The van der Waals surface area contributed by atoms with E-state index in [1.54, 1.807) is 31.5 Å². The predicted molar refractivity (Wildman–Crippen MR) is 128 cm³/mol. The number of rotatable bonds is 5. The predicted octanol–water partition coefficient (Wildman–Crippen LogP) is 0.863. The highest BCUT2D eigenvalue weighted by Gasteiger charge is 2.28. The van der Waals surface area contributed by atoms with Crippen molar-refractivity contribution in [1.82, 2.24) is 34.7 Å². The van der Waals surface area contributed by atoms with Crippen LogP contribution in [0.5, 0.6) is 0 Å². The van der Waals surface area contributed by atoms with Crippen molar-refractivity contribution in [2.45, 2.75) is 19.9 Å². The van der Waals surface area contributed by atoms with Gasteiger partial charge < -0.3 is 20.0 Å². The molecule has 0 bridgehead atoms. The molecule has 1 N–H and O–H groups in total. The van der Waals surface area contributed by atoms with Crippen molar-refractivity contribution in [2.24, 2.45) is 4.99 Å². The van der Waals surface area contributed by atoms with Gasteiger partial charge >= 0.3 is 0 Å². The average molecular weight is 527 g/mol. The Morgan fingerprint density at radius 3 is 2.83 bits per heavy atom. The summed E-state index contributed by atoms with van der Waals surface area (Å²) in [4.78, 5) is 27.0. The quantitative estimate of drug-likeness (QED) is 0.267. The summed E-state index contributed by atoms with van der Waals surface area (Å²) in [5.74, 6) is 1.52. The van der Waals surface area contributed by atoms with Crippen molar-refractivity contribution < 1.29 is 4.79 Å². The highest BCUT2D eigenvalue weighted by atomic mass is 127. The number of fused-ring (bicyclic) bond motifs is 1. The first-order chi connectivity index (χ1) is 13.9. The molecule has 0 saturated carbocycles. The lowest BCUT2D eigenvalue weighted by molar-refractivity contribution is -0.127. The number of guanidine groups is 1. The fourth-order valence-corrected chi connectivity index (χ4v) is 3.19. The third kappa shape index (κ3) is 5.58. The number of nitrogens with one attached hydrogen (secondary N) is 1. The first-order valence-electron chi connectivity index (χ1n) is 9.65. The van der Waals surface area contributed by atoms with Crippen LogP contribution in [0.3, 0.4) is 0 Å². The Labute approximate surface area is 194 Å². The number of carbonyl (C=O) groups is 1. The molecule has 1 atom stereocenters. The van der Waals surface area contributed by atoms with Crippen LogP contribution >= 0.6 is 24.0 Å². The van der Waals surface area contributed by atoms with Crippen molar-refractivity contribution >= 4 is 47.3 Å². The Morgan fingerprint density at radius 1 is 1.40 bits per heavy atom. The van der Waals surface area contributed by atoms with E-state index in [-0.39, 0.29) is 42.5 Å². The smallest absolute Gasteiger partial charge is 0.243 e. The zero-order valence-electron chi connectivity index (χ0n) is 17.9. The summed E-state index contributed by atoms with van der Waals surface area (Å²) < 4.78 is 1.87. The third-order valence-electron chi connectivity index (χ3n) is 4.81. The maximum Gasteiger partial charge on any atom is 0.243 e. The second-order valence-electron chi connectivity index (χ2n) is 7.54. The molecule has 1 fully saturated rings. The standard InChI is InChI=1S/C19H29N9O.HI/c1-14(2)10-21-19(22-11-16(29)25(4)5)26-8-9-28(15(3)12-26)17-18-24-23-13-27(18)7-6-20-17;/h6-7,13,15H,1,8-12H2,2-5H3,(H,21,22);1H. The summed E-state index contributed by atoms with van der Waals surface area (Å²) in [6.45, 7) is 11.0. The average Bonchev–Trinajstić information content (AvgIpc) is 3.16. The zero-order chi connectivity index (χ0) is 21.0. The molecule has 1 unspecified atom stereocenters. The van der Waals surface area contributed by atoms with E-state index in [0.717, 1.165) is 42.6 Å². The van der Waals surface area contributed by atoms with Gasteiger partial charge in [-0.1, -0.05) is 12.2 Å². The Hall–Kier alpha value is -2.44. The van der Waals surface area contributed by atoms with Gasteiger partial charge in [0.25, 0.3) is 0 Å². The molecular weight excluding hydrogens is 497 g/mol. The van der Waals surface area contributed by atoms with E-state index in [0.29, 0.717) is 6.54 Å². The normalized spacial score (nSPS) is 16.9. The van der Waals surface area contributed by atoms with Crippen LogP contribution in [-0.4, -0.2) is 94.1 Å². The molecule has 0 aliphatic carbocycles. The van der Waals surface area contributed by atoms with E-state index in [1.165, 1.54) is 0 Å². The fourth-order valence-electron chi connectivity index (χ4n) is 3.19. The first kappa shape index (κ1) is 23.8. The first-order valence-corrected chi connectivity index (χ1v) is 9.65. The molecule has 0 aromatic carbocycles. The topological polar surface area (TPSA) is 94.3 Å². The van der Waals surface area contributed by atoms with Crippen molar-refractivity contribution in [2.75, 3.05) is 51.7 Å². The monoisotopic (exact) mass is 527 g/mol. The molecule has 3 rings (SSSR count). The van der Waals surface area contributed by atoms with Gasteiger partial charge in [0.2, 0.25) is 11.6 Å². The van der Waals surface area contributed by atoms with E-state index in [4.69, 9.17) is 0 Å². The second kappa shape index (κ2) is 10.5. The number of nitrogens with zero attached hydrogens (tertiary/aromatic N) is 8. The Kier molecular flexibility index (Phi) is 8.38. The Bertz CT molecular complexity index is 910. The van der Waals surface area contributed by atoms with Crippen molar-refractivity contribution in [1.29, 1.82) is 0 Å². The third-order valence-corrected chi connectivity index (χ3v) is 4.81. The number of aromatic nitrogens is 4. The molecule has 1 saturated heterocycles. The molecule has 2 aromatic rings. The van der Waals surface area contributed by atoms with Gasteiger partial charge in [0, 0.05) is 58.7 Å². The SMILES string of the molecule is C=C(C)CNC(=NCC(=O)N(C)C)N1CCN(c2nccn3cnnc23)C(C)C1.I. The Balaban J connectivity index is 0.00000320. The molecule has 2 aromatic heterocycles. The lowest BCUT2D eigenvalue weighted by Crippen LogP contribution is -2.57. The van der Waals surface area contributed by atoms with Crippen LogP contribution in [0.1, 0.15) is 13.8 Å². The molecule has 1 aliphatic heterocycles. The van der Waals surface area contributed by atoms with Gasteiger partial charge in [-0.05, 0) is 13.8 Å². The highest BCUT2D eigenvalue weighted by Crippen LogP contribution is 2.21. The molecular formula is C19H30IN9O. The number of anilines is 1. The number of likely N-dealkylation sites (N-methyl/N-ethyl adjacent to an activating group) is 1. The van der Waals surface area contributed by atoms with Gasteiger partial charge in [-0.25, -0.2) is 9.98 Å². The number of piperazine rings is 1. The number of carbonyl (C=O) groups excluding carboxylic acids is 1. The maximum absolute atomic E-state index is 12.0. The molecule has 0 radical (unpaired) electrons. The summed E-state index contributed by atoms with van der Waals surface area (Å²) in [6.07, 6.45) is 5.28. The van der Waals surface area contributed by atoms with E-state index in [1.807, 2.05) is 17.5 Å². The lowest BCUT2D eigenvalue weighted by Gasteiger charge is -2.41. The molecule has 0 spiro atoms. The number of amides is 1. The van der Waals surface area contributed by atoms with Crippen LogP contribution in [0, 0.1) is 0 Å². The molecule has 1 amide bonds. The molecule has 30 heavy (non-hydrogen) atoms. The van der Waals surface area contributed by atoms with Gasteiger partial charge in [-0.3, -0.25) is 9.20 Å². The molecule has 1 aliphatic rings. The largest absolute Gasteiger partial charge is 0.352 e. The molecule has 164 valence electrons. The van der Waals surface area contributed by atoms with E-state index >= 15 is 0 Å². The second-order valence-corrected chi connectivity index (χ2v) is 7.54. The Morgan fingerprint density at radius 2 is 2.17 bits per heavy atom. The summed E-state index contributed by atoms with van der Waals surface area (Å²) in [5, 5.41) is 11.5. The maximum atomic E-state index is 12.0. The zero-order valence-corrected chi connectivity index (χ0v) is 20.3. The lowest BCUT2D eigenvalue weighted by atomic mass is 10.2. The number of hydrogen-bond donors (Lipinski definition) is 1. The van der Waals surface area contributed by atoms with Crippen LogP contribution in [0.4, 0.5) is 5.82 Å². The minimum Gasteiger partial charge on any atom is -0.352 e. The van der Waals surface area contributed by atoms with E-state index in [9.17, 15) is 4.79 Å². The van der Waals surface area contributed by atoms with Crippen LogP contribution < -0.4 is 10.2 Å². The van der Waals surface area contributed by atoms with Gasteiger partial charge in [-0.2, -0.15) is 0 Å². The van der Waals surface area contributed by atoms with Crippen LogP contribution in [-0.2, 0) is 4.79 Å². The minimum absolute atomic E-state index is 0. The van der Waals surface area contributed by atoms with Gasteiger partial charge in [0.1, 0.15) is 12.9 Å². The van der Waals surface area contributed by atoms with Crippen molar-refractivity contribution in [3.05, 3.63) is 30.9 Å². The molecule has 11 heteroatoms. The summed E-state index contributed by atoms with van der Waals surface area (Å²) in [6, 6.07) is 0.181. The summed E-state index contributed by atoms with van der Waals surface area (Å²) in [7, 11) is 3.47. The number of hydrogen-bond acceptors (Lipinski definition) is 6. The van der Waals surface area contributed by atoms with Crippen molar-refractivity contribution in [3.63, 3.8) is 0 Å². The number of aliphatic imine (C=N–C) groups is 1. The minimum atomic E-state index is -0.0333. The van der Waals surface area contributed by atoms with Crippen LogP contribution in [0.25, 0.3) is 5.65 Å². The highest BCUT2D eigenvalue weighted by molar-refractivity contribution is 14.0. The van der Waals surface area contributed by atoms with Gasteiger partial charge in [0.05, 0.1) is 0 Å². The van der Waals surface area contributed by atoms with Crippen LogP contribution in [0.15, 0.2) is 35.9 Å². The molecule has 10 nitrogen and oxygen atoms in total.